The summed E-state index contributed by atoms with van der Waals surface area (Å²) in [4.78, 5) is 11.2. The van der Waals surface area contributed by atoms with Gasteiger partial charge in [-0.25, -0.2) is 9.18 Å². The van der Waals surface area contributed by atoms with Crippen molar-refractivity contribution < 1.29 is 14.3 Å². The zero-order valence-electron chi connectivity index (χ0n) is 10.5. The predicted molar refractivity (Wildman–Crippen MR) is 76.4 cm³/mol. The first-order chi connectivity index (χ1) is 9.09. The third kappa shape index (κ3) is 3.32. The number of anilines is 2. The summed E-state index contributed by atoms with van der Waals surface area (Å²) in [5.74, 6) is -0.769. The van der Waals surface area contributed by atoms with E-state index in [1.54, 1.807) is 0 Å². The second-order valence-corrected chi connectivity index (χ2v) is 5.97. The molecule has 2 rings (SSSR count). The van der Waals surface area contributed by atoms with E-state index in [0.29, 0.717) is 17.5 Å². The number of nitrogens with one attached hydrogen (secondary N) is 1. The SMILES string of the molecule is Nc1c(F)ccc(NCC2CCCCS2)c1C(=O)O. The number of aromatic carboxylic acids is 1. The summed E-state index contributed by atoms with van der Waals surface area (Å²) in [5, 5.41) is 12.7. The highest BCUT2D eigenvalue weighted by Gasteiger charge is 2.19. The third-order valence-corrected chi connectivity index (χ3v) is 4.60. The van der Waals surface area contributed by atoms with Crippen LogP contribution >= 0.6 is 11.8 Å². The standard InChI is InChI=1S/C13H17FN2O2S/c14-9-4-5-10(11(12(9)15)13(17)18)16-7-8-3-1-2-6-19-8/h4-5,8,16H,1-3,6-7,15H2,(H,17,18). The molecular weight excluding hydrogens is 267 g/mol. The second-order valence-electron chi connectivity index (χ2n) is 4.56. The van der Waals surface area contributed by atoms with Gasteiger partial charge in [-0.2, -0.15) is 11.8 Å². The van der Waals surface area contributed by atoms with Gasteiger partial charge in [0.05, 0.1) is 11.4 Å². The van der Waals surface area contributed by atoms with Gasteiger partial charge < -0.3 is 16.2 Å². The maximum atomic E-state index is 13.3. The molecule has 1 fully saturated rings. The minimum atomic E-state index is -1.21. The molecule has 0 amide bonds. The van der Waals surface area contributed by atoms with Crippen LogP contribution in [0.1, 0.15) is 29.6 Å². The third-order valence-electron chi connectivity index (χ3n) is 3.20. The average Bonchev–Trinajstić information content (AvgIpc) is 2.41. The van der Waals surface area contributed by atoms with Crippen LogP contribution in [0.2, 0.25) is 0 Å². The smallest absolute Gasteiger partial charge is 0.340 e. The van der Waals surface area contributed by atoms with Crippen LogP contribution in [0.3, 0.4) is 0 Å². The summed E-state index contributed by atoms with van der Waals surface area (Å²) in [6.45, 7) is 0.677. The van der Waals surface area contributed by atoms with Gasteiger partial charge >= 0.3 is 5.97 Å². The topological polar surface area (TPSA) is 75.3 Å². The molecule has 104 valence electrons. The quantitative estimate of drug-likeness (QED) is 0.741. The molecule has 0 radical (unpaired) electrons. The lowest BCUT2D eigenvalue weighted by Gasteiger charge is -2.22. The molecule has 1 aliphatic heterocycles. The monoisotopic (exact) mass is 284 g/mol. The number of carbonyl (C=O) groups is 1. The Morgan fingerprint density at radius 3 is 2.95 bits per heavy atom. The molecule has 1 aromatic rings. The van der Waals surface area contributed by atoms with Crippen molar-refractivity contribution in [2.45, 2.75) is 24.5 Å². The second kappa shape index (κ2) is 6.14. The van der Waals surface area contributed by atoms with Gasteiger partial charge in [0, 0.05) is 11.8 Å². The summed E-state index contributed by atoms with van der Waals surface area (Å²) in [7, 11) is 0. The first-order valence-corrected chi connectivity index (χ1v) is 7.31. The summed E-state index contributed by atoms with van der Waals surface area (Å²) in [6.07, 6.45) is 3.57. The zero-order chi connectivity index (χ0) is 13.8. The Balaban J connectivity index is 2.11. The Hall–Kier alpha value is -1.43. The summed E-state index contributed by atoms with van der Waals surface area (Å²) in [6, 6.07) is 2.63. The number of rotatable bonds is 4. The minimum absolute atomic E-state index is 0.180. The fraction of sp³-hybridized carbons (Fsp3) is 0.462. The number of carboxylic acid groups (broad SMARTS) is 1. The Bertz CT molecular complexity index is 476. The molecule has 0 aliphatic carbocycles. The molecule has 0 spiro atoms. The van der Waals surface area contributed by atoms with Crippen LogP contribution in [-0.4, -0.2) is 28.6 Å². The van der Waals surface area contributed by atoms with Crippen molar-refractivity contribution in [3.63, 3.8) is 0 Å². The van der Waals surface area contributed by atoms with Crippen LogP contribution in [0, 0.1) is 5.82 Å². The van der Waals surface area contributed by atoms with Crippen LogP contribution in [-0.2, 0) is 0 Å². The van der Waals surface area contributed by atoms with Gasteiger partial charge in [0.15, 0.2) is 0 Å². The molecule has 1 aliphatic rings. The molecule has 0 bridgehead atoms. The van der Waals surface area contributed by atoms with Crippen molar-refractivity contribution in [1.82, 2.24) is 0 Å². The Morgan fingerprint density at radius 2 is 2.32 bits per heavy atom. The van der Waals surface area contributed by atoms with E-state index < -0.39 is 11.8 Å². The number of halogens is 1. The largest absolute Gasteiger partial charge is 0.478 e. The van der Waals surface area contributed by atoms with Crippen molar-refractivity contribution in [2.75, 3.05) is 23.3 Å². The highest BCUT2D eigenvalue weighted by Crippen LogP contribution is 2.28. The van der Waals surface area contributed by atoms with Crippen molar-refractivity contribution >= 4 is 29.1 Å². The fourth-order valence-corrected chi connectivity index (χ4v) is 3.40. The lowest BCUT2D eigenvalue weighted by molar-refractivity contribution is 0.0698. The average molecular weight is 284 g/mol. The number of thioether (sulfide) groups is 1. The van der Waals surface area contributed by atoms with Gasteiger partial charge in [-0.3, -0.25) is 0 Å². The molecule has 0 aromatic heterocycles. The Kier molecular flexibility index (Phi) is 4.52. The number of nitrogens with two attached hydrogens (primary N) is 1. The molecule has 1 saturated heterocycles. The van der Waals surface area contributed by atoms with Crippen molar-refractivity contribution in [1.29, 1.82) is 0 Å². The normalized spacial score (nSPS) is 19.1. The first kappa shape index (κ1) is 14.0. The molecule has 19 heavy (non-hydrogen) atoms. The van der Waals surface area contributed by atoms with E-state index in [1.165, 1.54) is 25.0 Å². The minimum Gasteiger partial charge on any atom is -0.478 e. The van der Waals surface area contributed by atoms with Gasteiger partial charge in [0.2, 0.25) is 0 Å². The molecule has 1 aromatic carbocycles. The predicted octanol–water partition coefficient (Wildman–Crippen LogP) is 2.80. The lowest BCUT2D eigenvalue weighted by atomic mass is 10.1. The van der Waals surface area contributed by atoms with Crippen LogP contribution < -0.4 is 11.1 Å². The summed E-state index contributed by atoms with van der Waals surface area (Å²) < 4.78 is 13.3. The molecule has 1 atom stereocenters. The Labute approximate surface area is 115 Å². The van der Waals surface area contributed by atoms with Crippen molar-refractivity contribution in [3.8, 4) is 0 Å². The van der Waals surface area contributed by atoms with Gasteiger partial charge in [0.1, 0.15) is 11.4 Å². The maximum Gasteiger partial charge on any atom is 0.340 e. The Morgan fingerprint density at radius 1 is 1.53 bits per heavy atom. The van der Waals surface area contributed by atoms with Crippen LogP contribution in [0.15, 0.2) is 12.1 Å². The number of nitrogen functional groups attached to an aromatic ring is 1. The van der Waals surface area contributed by atoms with Crippen molar-refractivity contribution in [3.05, 3.63) is 23.5 Å². The van der Waals surface area contributed by atoms with E-state index in [2.05, 4.69) is 5.32 Å². The molecule has 1 unspecified atom stereocenters. The summed E-state index contributed by atoms with van der Waals surface area (Å²) >= 11 is 1.89. The van der Waals surface area contributed by atoms with Crippen LogP contribution in [0.4, 0.5) is 15.8 Å². The van der Waals surface area contributed by atoms with Crippen molar-refractivity contribution in [2.24, 2.45) is 0 Å². The molecule has 4 nitrogen and oxygen atoms in total. The van der Waals surface area contributed by atoms with E-state index in [-0.39, 0.29) is 11.3 Å². The lowest BCUT2D eigenvalue weighted by Crippen LogP contribution is -2.21. The molecule has 0 saturated carbocycles. The molecule has 4 N–H and O–H groups in total. The molecular formula is C13H17FN2O2S. The van der Waals surface area contributed by atoms with E-state index >= 15 is 0 Å². The zero-order valence-corrected chi connectivity index (χ0v) is 11.3. The first-order valence-electron chi connectivity index (χ1n) is 6.26. The van der Waals surface area contributed by atoms with Crippen LogP contribution in [0.5, 0.6) is 0 Å². The molecule has 1 heterocycles. The fourth-order valence-electron chi connectivity index (χ4n) is 2.16. The van der Waals surface area contributed by atoms with Gasteiger partial charge in [-0.15, -0.1) is 0 Å². The van der Waals surface area contributed by atoms with Gasteiger partial charge in [0.25, 0.3) is 0 Å². The van der Waals surface area contributed by atoms with E-state index in [9.17, 15) is 9.18 Å². The molecule has 6 heteroatoms. The van der Waals surface area contributed by atoms with E-state index in [1.807, 2.05) is 11.8 Å². The highest BCUT2D eigenvalue weighted by molar-refractivity contribution is 7.99. The van der Waals surface area contributed by atoms with E-state index in [4.69, 9.17) is 10.8 Å². The van der Waals surface area contributed by atoms with E-state index in [0.717, 1.165) is 12.2 Å². The maximum absolute atomic E-state index is 13.3. The van der Waals surface area contributed by atoms with Gasteiger partial charge in [-0.05, 0) is 30.7 Å². The highest BCUT2D eigenvalue weighted by atomic mass is 32.2. The number of benzene rings is 1. The number of carboxylic acids is 1. The number of hydrogen-bond donors (Lipinski definition) is 3. The summed E-state index contributed by atoms with van der Waals surface area (Å²) in [5.41, 5.74) is 5.39. The van der Waals surface area contributed by atoms with Crippen LogP contribution in [0.25, 0.3) is 0 Å². The van der Waals surface area contributed by atoms with Gasteiger partial charge in [-0.1, -0.05) is 6.42 Å². The number of hydrogen-bond acceptors (Lipinski definition) is 4.